The van der Waals surface area contributed by atoms with Gasteiger partial charge in [-0.3, -0.25) is 0 Å². The number of hydrogen-bond donors (Lipinski definition) is 1. The highest BCUT2D eigenvalue weighted by atomic mass is 14.8. The van der Waals surface area contributed by atoms with E-state index in [0.29, 0.717) is 0 Å². The molecule has 0 heterocycles. The Morgan fingerprint density at radius 3 is 2.35 bits per heavy atom. The van der Waals surface area contributed by atoms with Crippen molar-refractivity contribution >= 4 is 0 Å². The molecule has 0 bridgehead atoms. The van der Waals surface area contributed by atoms with Gasteiger partial charge in [-0.1, -0.05) is 68.3 Å². The zero-order valence-corrected chi connectivity index (χ0v) is 12.9. The maximum absolute atomic E-state index is 3.43. The summed E-state index contributed by atoms with van der Waals surface area (Å²) in [6.07, 6.45) is 2.37. The molecule has 0 unspecified atom stereocenters. The molecule has 0 spiro atoms. The molecule has 106 valence electrons. The van der Waals surface area contributed by atoms with Crippen LogP contribution in [0.5, 0.6) is 0 Å². The molecule has 20 heavy (non-hydrogen) atoms. The molecule has 0 aliphatic rings. The highest BCUT2D eigenvalue weighted by Gasteiger charge is 2.05. The molecule has 0 amide bonds. The van der Waals surface area contributed by atoms with E-state index < -0.39 is 0 Å². The van der Waals surface area contributed by atoms with Crippen molar-refractivity contribution in [2.24, 2.45) is 0 Å². The second-order valence-electron chi connectivity index (χ2n) is 5.39. The average Bonchev–Trinajstić information content (AvgIpc) is 2.47. The lowest BCUT2D eigenvalue weighted by atomic mass is 9.96. The third-order valence-electron chi connectivity index (χ3n) is 3.63. The van der Waals surface area contributed by atoms with Crippen molar-refractivity contribution in [3.05, 3.63) is 59.2 Å². The first-order chi connectivity index (χ1) is 9.74. The molecule has 0 fully saturated rings. The van der Waals surface area contributed by atoms with Crippen molar-refractivity contribution in [3.8, 4) is 11.1 Å². The second-order valence-corrected chi connectivity index (χ2v) is 5.39. The number of rotatable bonds is 6. The van der Waals surface area contributed by atoms with Crippen LogP contribution in [0.15, 0.2) is 42.5 Å². The van der Waals surface area contributed by atoms with Crippen LogP contribution in [0.3, 0.4) is 0 Å². The summed E-state index contributed by atoms with van der Waals surface area (Å²) in [5.41, 5.74) is 6.80. The Morgan fingerprint density at radius 1 is 0.950 bits per heavy atom. The van der Waals surface area contributed by atoms with Gasteiger partial charge in [0.15, 0.2) is 0 Å². The minimum absolute atomic E-state index is 0.933. The molecule has 1 nitrogen and oxygen atoms in total. The van der Waals surface area contributed by atoms with Gasteiger partial charge in [0.2, 0.25) is 0 Å². The minimum atomic E-state index is 0.933. The van der Waals surface area contributed by atoms with Gasteiger partial charge in [0.05, 0.1) is 0 Å². The summed E-state index contributed by atoms with van der Waals surface area (Å²) in [6, 6.07) is 15.8. The first kappa shape index (κ1) is 14.8. The zero-order chi connectivity index (χ0) is 14.4. The summed E-state index contributed by atoms with van der Waals surface area (Å²) < 4.78 is 0. The van der Waals surface area contributed by atoms with E-state index in [0.717, 1.165) is 13.1 Å². The normalized spacial score (nSPS) is 10.8. The fraction of sp³-hybridized carbons (Fsp3) is 0.368. The Morgan fingerprint density at radius 2 is 1.70 bits per heavy atom. The van der Waals surface area contributed by atoms with E-state index in [1.54, 1.807) is 0 Å². The van der Waals surface area contributed by atoms with Gasteiger partial charge in [-0.2, -0.15) is 0 Å². The summed E-state index contributed by atoms with van der Waals surface area (Å²) in [7, 11) is 0. The van der Waals surface area contributed by atoms with Gasteiger partial charge in [0, 0.05) is 6.54 Å². The quantitative estimate of drug-likeness (QED) is 0.798. The van der Waals surface area contributed by atoms with Gasteiger partial charge in [0.1, 0.15) is 0 Å². The predicted octanol–water partition coefficient (Wildman–Crippen LogP) is 4.72. The lowest BCUT2D eigenvalue weighted by molar-refractivity contribution is 0.728. The maximum atomic E-state index is 3.43. The third-order valence-corrected chi connectivity index (χ3v) is 3.63. The van der Waals surface area contributed by atoms with Crippen LogP contribution in [0.1, 0.15) is 37.0 Å². The van der Waals surface area contributed by atoms with E-state index in [9.17, 15) is 0 Å². The van der Waals surface area contributed by atoms with Crippen LogP contribution in [0.25, 0.3) is 11.1 Å². The standard InChI is InChI=1S/C19H25N/c1-4-6-16-8-11-17(12-9-16)19-13-15(3)7-10-18(19)14-20-5-2/h7-13,20H,4-6,14H2,1-3H3. The topological polar surface area (TPSA) is 12.0 Å². The number of benzene rings is 2. The first-order valence-electron chi connectivity index (χ1n) is 7.64. The van der Waals surface area contributed by atoms with Crippen molar-refractivity contribution in [2.75, 3.05) is 6.54 Å². The third kappa shape index (κ3) is 3.71. The Balaban J connectivity index is 2.32. The van der Waals surface area contributed by atoms with E-state index in [1.807, 2.05) is 0 Å². The van der Waals surface area contributed by atoms with Gasteiger partial charge in [0.25, 0.3) is 0 Å². The average molecular weight is 267 g/mol. The molecule has 0 saturated carbocycles. The van der Waals surface area contributed by atoms with Crippen molar-refractivity contribution in [1.29, 1.82) is 0 Å². The smallest absolute Gasteiger partial charge is 0.0211 e. The molecule has 0 radical (unpaired) electrons. The Hall–Kier alpha value is -1.60. The first-order valence-corrected chi connectivity index (χ1v) is 7.64. The Bertz CT molecular complexity index is 540. The number of hydrogen-bond acceptors (Lipinski definition) is 1. The minimum Gasteiger partial charge on any atom is -0.313 e. The molecule has 0 atom stereocenters. The second kappa shape index (κ2) is 7.25. The molecule has 0 aromatic heterocycles. The van der Waals surface area contributed by atoms with Gasteiger partial charge in [-0.15, -0.1) is 0 Å². The highest BCUT2D eigenvalue weighted by molar-refractivity contribution is 5.68. The molecule has 0 saturated heterocycles. The van der Waals surface area contributed by atoms with Crippen LogP contribution in [0, 0.1) is 6.92 Å². The largest absolute Gasteiger partial charge is 0.313 e. The molecular formula is C19H25N. The molecule has 2 rings (SSSR count). The molecule has 0 aliphatic heterocycles. The van der Waals surface area contributed by atoms with E-state index >= 15 is 0 Å². The highest BCUT2D eigenvalue weighted by Crippen LogP contribution is 2.25. The van der Waals surface area contributed by atoms with Crippen LogP contribution >= 0.6 is 0 Å². The van der Waals surface area contributed by atoms with Gasteiger partial charge in [-0.25, -0.2) is 0 Å². The molecular weight excluding hydrogens is 242 g/mol. The van der Waals surface area contributed by atoms with Gasteiger partial charge < -0.3 is 5.32 Å². The molecule has 1 N–H and O–H groups in total. The van der Waals surface area contributed by atoms with Crippen molar-refractivity contribution in [2.45, 2.75) is 40.2 Å². The summed E-state index contributed by atoms with van der Waals surface area (Å²) in [5, 5.41) is 3.43. The summed E-state index contributed by atoms with van der Waals surface area (Å²) >= 11 is 0. The van der Waals surface area contributed by atoms with Crippen LogP contribution in [0.2, 0.25) is 0 Å². The lowest BCUT2D eigenvalue weighted by Gasteiger charge is -2.12. The maximum Gasteiger partial charge on any atom is 0.0211 e. The van der Waals surface area contributed by atoms with E-state index in [-0.39, 0.29) is 0 Å². The van der Waals surface area contributed by atoms with E-state index in [4.69, 9.17) is 0 Å². The SMILES string of the molecule is CCCc1ccc(-c2cc(C)ccc2CNCC)cc1. The summed E-state index contributed by atoms with van der Waals surface area (Å²) in [4.78, 5) is 0. The molecule has 2 aromatic rings. The van der Waals surface area contributed by atoms with Crippen LogP contribution in [-0.4, -0.2) is 6.54 Å². The van der Waals surface area contributed by atoms with Crippen LogP contribution < -0.4 is 5.32 Å². The molecule has 1 heteroatoms. The van der Waals surface area contributed by atoms with Crippen LogP contribution in [0.4, 0.5) is 0 Å². The number of aryl methyl sites for hydroxylation is 2. The van der Waals surface area contributed by atoms with Crippen LogP contribution in [-0.2, 0) is 13.0 Å². The lowest BCUT2D eigenvalue weighted by Crippen LogP contribution is -2.12. The predicted molar refractivity (Wildman–Crippen MR) is 88.0 cm³/mol. The fourth-order valence-corrected chi connectivity index (χ4v) is 2.51. The van der Waals surface area contributed by atoms with Gasteiger partial charge >= 0.3 is 0 Å². The molecule has 0 aliphatic carbocycles. The van der Waals surface area contributed by atoms with Crippen molar-refractivity contribution in [3.63, 3.8) is 0 Å². The summed E-state index contributed by atoms with van der Waals surface area (Å²) in [5.74, 6) is 0. The van der Waals surface area contributed by atoms with E-state index in [2.05, 4.69) is 68.6 Å². The zero-order valence-electron chi connectivity index (χ0n) is 12.9. The van der Waals surface area contributed by atoms with Crippen molar-refractivity contribution < 1.29 is 0 Å². The Kier molecular flexibility index (Phi) is 5.37. The number of nitrogens with one attached hydrogen (secondary N) is 1. The van der Waals surface area contributed by atoms with E-state index in [1.165, 1.54) is 40.7 Å². The molecule has 2 aromatic carbocycles. The Labute approximate surface area is 123 Å². The van der Waals surface area contributed by atoms with Crippen molar-refractivity contribution in [1.82, 2.24) is 5.32 Å². The fourth-order valence-electron chi connectivity index (χ4n) is 2.51. The van der Waals surface area contributed by atoms with Gasteiger partial charge in [-0.05, 0) is 42.1 Å². The monoisotopic (exact) mass is 267 g/mol. The summed E-state index contributed by atoms with van der Waals surface area (Å²) in [6.45, 7) is 8.47.